The second-order valence-electron chi connectivity index (χ2n) is 4.87. The molecule has 0 aliphatic heterocycles. The van der Waals surface area contributed by atoms with Gasteiger partial charge < -0.3 is 14.8 Å². The molecule has 0 bridgehead atoms. The number of hydrogen-bond acceptors (Lipinski definition) is 5. The molecule has 6 heteroatoms. The van der Waals surface area contributed by atoms with Crippen molar-refractivity contribution in [1.82, 2.24) is 5.32 Å². The molecule has 0 saturated heterocycles. The van der Waals surface area contributed by atoms with Crippen molar-refractivity contribution >= 4 is 17.8 Å². The summed E-state index contributed by atoms with van der Waals surface area (Å²) in [5.74, 6) is -1.69. The van der Waals surface area contributed by atoms with E-state index < -0.39 is 18.0 Å². The number of nitrogens with one attached hydrogen (secondary N) is 1. The molecule has 1 aromatic rings. The van der Waals surface area contributed by atoms with Gasteiger partial charge in [0.2, 0.25) is 0 Å². The number of esters is 2. The Morgan fingerprint density at radius 3 is 2.24 bits per heavy atom. The first-order valence-electron chi connectivity index (χ1n) is 6.71. The van der Waals surface area contributed by atoms with Crippen LogP contribution in [-0.2, 0) is 14.3 Å². The van der Waals surface area contributed by atoms with Gasteiger partial charge in [0, 0.05) is 6.04 Å². The topological polar surface area (TPSA) is 81.7 Å². The Hall–Kier alpha value is -2.37. The number of amides is 1. The molecule has 2 rings (SSSR count). The summed E-state index contributed by atoms with van der Waals surface area (Å²) in [7, 11) is 1.23. The minimum Gasteiger partial charge on any atom is -0.465 e. The lowest BCUT2D eigenvalue weighted by Crippen LogP contribution is -2.37. The van der Waals surface area contributed by atoms with Crippen molar-refractivity contribution in [3.05, 3.63) is 35.4 Å². The number of methoxy groups -OCH3 is 1. The maximum Gasteiger partial charge on any atom is 0.339 e. The van der Waals surface area contributed by atoms with E-state index in [1.807, 2.05) is 0 Å². The van der Waals surface area contributed by atoms with Gasteiger partial charge >= 0.3 is 11.9 Å². The molecule has 1 amide bonds. The second-order valence-corrected chi connectivity index (χ2v) is 4.87. The van der Waals surface area contributed by atoms with Crippen molar-refractivity contribution in [1.29, 1.82) is 0 Å². The molecule has 0 spiro atoms. The highest BCUT2D eigenvalue weighted by Crippen LogP contribution is 2.19. The van der Waals surface area contributed by atoms with Gasteiger partial charge in [0.05, 0.1) is 18.2 Å². The third kappa shape index (κ3) is 3.81. The SMILES string of the molecule is COC(=O)c1ccccc1C(=O)OC(C)C(=O)NC1CC1. The highest BCUT2D eigenvalue weighted by molar-refractivity contribution is 6.03. The molecule has 0 heterocycles. The Balaban J connectivity index is 2.05. The summed E-state index contributed by atoms with van der Waals surface area (Å²) in [4.78, 5) is 35.5. The molecule has 1 saturated carbocycles. The molecular weight excluding hydrogens is 274 g/mol. The predicted octanol–water partition coefficient (Wildman–Crippen LogP) is 1.30. The summed E-state index contributed by atoms with van der Waals surface area (Å²) >= 11 is 0. The first-order valence-corrected chi connectivity index (χ1v) is 6.71. The Morgan fingerprint density at radius 1 is 1.14 bits per heavy atom. The zero-order valence-electron chi connectivity index (χ0n) is 11.9. The quantitative estimate of drug-likeness (QED) is 0.827. The molecule has 0 aromatic heterocycles. The molecule has 1 N–H and O–H groups in total. The van der Waals surface area contributed by atoms with E-state index in [1.165, 1.54) is 26.2 Å². The summed E-state index contributed by atoms with van der Waals surface area (Å²) in [6, 6.07) is 6.35. The fourth-order valence-electron chi connectivity index (χ4n) is 1.77. The van der Waals surface area contributed by atoms with E-state index in [0.29, 0.717) is 0 Å². The summed E-state index contributed by atoms with van der Waals surface area (Å²) in [5, 5.41) is 2.75. The third-order valence-electron chi connectivity index (χ3n) is 3.13. The Bertz CT molecular complexity index is 565. The average molecular weight is 291 g/mol. The van der Waals surface area contributed by atoms with Crippen LogP contribution in [0.5, 0.6) is 0 Å². The van der Waals surface area contributed by atoms with Crippen molar-refractivity contribution in [3.63, 3.8) is 0 Å². The number of rotatable bonds is 5. The van der Waals surface area contributed by atoms with Crippen LogP contribution in [0.3, 0.4) is 0 Å². The lowest BCUT2D eigenvalue weighted by molar-refractivity contribution is -0.129. The number of ether oxygens (including phenoxy) is 2. The predicted molar refractivity (Wildman–Crippen MR) is 73.8 cm³/mol. The van der Waals surface area contributed by atoms with Crippen LogP contribution >= 0.6 is 0 Å². The van der Waals surface area contributed by atoms with E-state index in [2.05, 4.69) is 10.1 Å². The summed E-state index contributed by atoms with van der Waals surface area (Å²) in [6.45, 7) is 1.50. The zero-order chi connectivity index (χ0) is 15.4. The van der Waals surface area contributed by atoms with Gasteiger partial charge in [-0.2, -0.15) is 0 Å². The second kappa shape index (κ2) is 6.39. The summed E-state index contributed by atoms with van der Waals surface area (Å²) in [5.41, 5.74) is 0.190. The van der Waals surface area contributed by atoms with Gasteiger partial charge in [0.25, 0.3) is 5.91 Å². The van der Waals surface area contributed by atoms with Gasteiger partial charge in [-0.25, -0.2) is 9.59 Å². The minimum atomic E-state index is -0.913. The summed E-state index contributed by atoms with van der Waals surface area (Å²) in [6.07, 6.45) is 0.999. The minimum absolute atomic E-state index is 0.0791. The number of carbonyl (C=O) groups excluding carboxylic acids is 3. The lowest BCUT2D eigenvalue weighted by atomic mass is 10.1. The fraction of sp³-hybridized carbons (Fsp3) is 0.400. The van der Waals surface area contributed by atoms with Crippen molar-refractivity contribution in [2.45, 2.75) is 31.9 Å². The third-order valence-corrected chi connectivity index (χ3v) is 3.13. The fourth-order valence-corrected chi connectivity index (χ4v) is 1.77. The Labute approximate surface area is 122 Å². The van der Waals surface area contributed by atoms with Crippen molar-refractivity contribution in [2.75, 3.05) is 7.11 Å². The van der Waals surface area contributed by atoms with Crippen LogP contribution in [-0.4, -0.2) is 37.1 Å². The molecule has 112 valence electrons. The largest absolute Gasteiger partial charge is 0.465 e. The highest BCUT2D eigenvalue weighted by Gasteiger charge is 2.28. The number of hydrogen-bond donors (Lipinski definition) is 1. The van der Waals surface area contributed by atoms with E-state index in [4.69, 9.17) is 4.74 Å². The van der Waals surface area contributed by atoms with Crippen LogP contribution in [0.4, 0.5) is 0 Å². The Morgan fingerprint density at radius 2 is 1.71 bits per heavy atom. The van der Waals surface area contributed by atoms with Crippen molar-refractivity contribution in [2.24, 2.45) is 0 Å². The maximum absolute atomic E-state index is 12.1. The molecule has 0 radical (unpaired) electrons. The molecule has 1 fully saturated rings. The number of benzene rings is 1. The van der Waals surface area contributed by atoms with Gasteiger partial charge in [-0.3, -0.25) is 4.79 Å². The molecule has 6 nitrogen and oxygen atoms in total. The van der Waals surface area contributed by atoms with Crippen LogP contribution in [0.25, 0.3) is 0 Å². The van der Waals surface area contributed by atoms with Crippen LogP contribution in [0, 0.1) is 0 Å². The van der Waals surface area contributed by atoms with Gasteiger partial charge in [0.15, 0.2) is 6.10 Å². The van der Waals surface area contributed by atoms with Gasteiger partial charge in [-0.1, -0.05) is 12.1 Å². The first kappa shape index (κ1) is 15.0. The van der Waals surface area contributed by atoms with Gasteiger partial charge in [0.1, 0.15) is 0 Å². The standard InChI is InChI=1S/C15H17NO5/c1-9(13(17)16-10-7-8-10)21-15(19)12-6-4-3-5-11(12)14(18)20-2/h3-6,9-10H,7-8H2,1-2H3,(H,16,17). The Kier molecular flexibility index (Phi) is 4.57. The monoisotopic (exact) mass is 291 g/mol. The number of carbonyl (C=O) groups is 3. The smallest absolute Gasteiger partial charge is 0.339 e. The average Bonchev–Trinajstić information content (AvgIpc) is 3.30. The highest BCUT2D eigenvalue weighted by atomic mass is 16.5. The molecule has 21 heavy (non-hydrogen) atoms. The van der Waals surface area contributed by atoms with E-state index in [0.717, 1.165) is 12.8 Å². The van der Waals surface area contributed by atoms with E-state index >= 15 is 0 Å². The van der Waals surface area contributed by atoms with Crippen LogP contribution < -0.4 is 5.32 Å². The summed E-state index contributed by atoms with van der Waals surface area (Å²) < 4.78 is 9.72. The van der Waals surface area contributed by atoms with E-state index in [1.54, 1.807) is 12.1 Å². The molecule has 1 atom stereocenters. The molecular formula is C15H17NO5. The lowest BCUT2D eigenvalue weighted by Gasteiger charge is -2.14. The molecule has 1 aliphatic rings. The van der Waals surface area contributed by atoms with Crippen LogP contribution in [0.2, 0.25) is 0 Å². The van der Waals surface area contributed by atoms with E-state index in [9.17, 15) is 14.4 Å². The van der Waals surface area contributed by atoms with Gasteiger partial charge in [-0.05, 0) is 31.9 Å². The van der Waals surface area contributed by atoms with Crippen LogP contribution in [0.1, 0.15) is 40.5 Å². The normalized spacial score (nSPS) is 15.0. The van der Waals surface area contributed by atoms with E-state index in [-0.39, 0.29) is 23.1 Å². The van der Waals surface area contributed by atoms with Crippen molar-refractivity contribution in [3.8, 4) is 0 Å². The molecule has 1 unspecified atom stereocenters. The molecule has 1 aliphatic carbocycles. The van der Waals surface area contributed by atoms with Crippen LogP contribution in [0.15, 0.2) is 24.3 Å². The first-order chi connectivity index (χ1) is 10.0. The van der Waals surface area contributed by atoms with Gasteiger partial charge in [-0.15, -0.1) is 0 Å². The zero-order valence-corrected chi connectivity index (χ0v) is 11.9. The maximum atomic E-state index is 12.1. The molecule has 1 aromatic carbocycles. The van der Waals surface area contributed by atoms with Crippen molar-refractivity contribution < 1.29 is 23.9 Å².